The highest BCUT2D eigenvalue weighted by Gasteiger charge is 2.32. The molecule has 2 aromatic rings. The highest BCUT2D eigenvalue weighted by molar-refractivity contribution is 8.14. The van der Waals surface area contributed by atoms with Crippen LogP contribution in [0.3, 0.4) is 0 Å². The van der Waals surface area contributed by atoms with Gasteiger partial charge >= 0.3 is 0 Å². The molecule has 0 radical (unpaired) electrons. The minimum absolute atomic E-state index is 0.0272. The van der Waals surface area contributed by atoms with Gasteiger partial charge in [-0.3, -0.25) is 14.6 Å². The third-order valence-electron chi connectivity index (χ3n) is 5.64. The summed E-state index contributed by atoms with van der Waals surface area (Å²) in [5.41, 5.74) is 1.78. The Morgan fingerprint density at radius 2 is 1.93 bits per heavy atom. The Morgan fingerprint density at radius 3 is 2.74 bits per heavy atom. The number of benzene rings is 1. The molecule has 1 N–H and O–H groups in total. The van der Waals surface area contributed by atoms with Gasteiger partial charge in [-0.05, 0) is 37.5 Å². The number of hydrogen-bond donors (Lipinski definition) is 1. The van der Waals surface area contributed by atoms with E-state index in [0.29, 0.717) is 6.04 Å². The quantitative estimate of drug-likeness (QED) is 0.762. The molecule has 27 heavy (non-hydrogen) atoms. The van der Waals surface area contributed by atoms with Gasteiger partial charge in [-0.1, -0.05) is 43.5 Å². The van der Waals surface area contributed by atoms with Crippen LogP contribution in [0.15, 0.2) is 28.0 Å². The minimum Gasteiger partial charge on any atom is -0.454 e. The largest absolute Gasteiger partial charge is 0.454 e. The molecule has 5 rings (SSSR count). The van der Waals surface area contributed by atoms with Crippen LogP contribution in [-0.4, -0.2) is 21.6 Å². The third kappa shape index (κ3) is 2.98. The lowest BCUT2D eigenvalue weighted by atomic mass is 10.0. The molecule has 2 aliphatic heterocycles. The number of rotatable bonds is 2. The first kappa shape index (κ1) is 17.0. The van der Waals surface area contributed by atoms with E-state index in [9.17, 15) is 4.79 Å². The molecule has 3 aliphatic rings. The summed E-state index contributed by atoms with van der Waals surface area (Å²) < 4.78 is 13.0. The van der Waals surface area contributed by atoms with Gasteiger partial charge in [0, 0.05) is 0 Å². The van der Waals surface area contributed by atoms with Gasteiger partial charge in [0.1, 0.15) is 0 Å². The smallest absolute Gasteiger partial charge is 0.271 e. The number of nitrogens with one attached hydrogen (secondary N) is 1. The number of ether oxygens (including phenoxy) is 2. The van der Waals surface area contributed by atoms with E-state index in [1.807, 2.05) is 29.8 Å². The van der Waals surface area contributed by atoms with E-state index in [0.717, 1.165) is 46.3 Å². The van der Waals surface area contributed by atoms with Crippen molar-refractivity contribution in [2.75, 3.05) is 6.79 Å². The van der Waals surface area contributed by atoms with E-state index < -0.39 is 0 Å². The molecular weight excluding hydrogens is 362 g/mol. The van der Waals surface area contributed by atoms with Gasteiger partial charge < -0.3 is 9.47 Å². The van der Waals surface area contributed by atoms with Gasteiger partial charge in [-0.25, -0.2) is 4.99 Å². The van der Waals surface area contributed by atoms with Crippen LogP contribution in [0.4, 0.5) is 5.82 Å². The van der Waals surface area contributed by atoms with E-state index in [1.165, 1.54) is 25.7 Å². The van der Waals surface area contributed by atoms with Crippen molar-refractivity contribution in [3.05, 3.63) is 39.7 Å². The summed E-state index contributed by atoms with van der Waals surface area (Å²) in [6.07, 6.45) is 7.19. The van der Waals surface area contributed by atoms with Crippen LogP contribution in [0, 0.1) is 0 Å². The molecule has 0 spiro atoms. The fourth-order valence-electron chi connectivity index (χ4n) is 4.30. The van der Waals surface area contributed by atoms with Gasteiger partial charge in [0.25, 0.3) is 5.56 Å². The SMILES string of the molecule is CC1=Nc2c(c(=O)[nH]n2C2CCCCCC2)[C@H](c2ccc3c(c2)OCO3)S1. The van der Waals surface area contributed by atoms with E-state index in [2.05, 4.69) is 5.10 Å². The maximum atomic E-state index is 12.9. The Kier molecular flexibility index (Phi) is 4.27. The van der Waals surface area contributed by atoms with E-state index >= 15 is 0 Å². The highest BCUT2D eigenvalue weighted by atomic mass is 32.2. The van der Waals surface area contributed by atoms with Crippen LogP contribution in [0.2, 0.25) is 0 Å². The molecule has 1 aliphatic carbocycles. The van der Waals surface area contributed by atoms with Crippen molar-refractivity contribution in [3.63, 3.8) is 0 Å². The fraction of sp³-hybridized carbons (Fsp3) is 0.500. The molecular formula is C20H23N3O3S. The first-order valence-corrected chi connectivity index (χ1v) is 10.5. The molecule has 1 saturated carbocycles. The standard InChI is InChI=1S/C20H23N3O3S/c1-12-21-19-17(20(24)22-23(19)14-6-4-2-3-5-7-14)18(27-12)13-8-9-15-16(10-13)26-11-25-15/h8-10,14,18H,2-7,11H2,1H3,(H,22,24)/t18-/m0/s1. The zero-order valence-corrected chi connectivity index (χ0v) is 16.2. The van der Waals surface area contributed by atoms with Crippen molar-refractivity contribution in [2.24, 2.45) is 4.99 Å². The molecule has 0 unspecified atom stereocenters. The van der Waals surface area contributed by atoms with E-state index in [1.54, 1.807) is 11.8 Å². The van der Waals surface area contributed by atoms with Gasteiger partial charge in [-0.15, -0.1) is 0 Å². The summed E-state index contributed by atoms with van der Waals surface area (Å²) >= 11 is 1.63. The normalized spacial score (nSPS) is 22.3. The second-order valence-corrected chi connectivity index (χ2v) is 8.73. The van der Waals surface area contributed by atoms with Crippen molar-refractivity contribution >= 4 is 22.6 Å². The Balaban J connectivity index is 1.58. The fourth-order valence-corrected chi connectivity index (χ4v) is 5.39. The average Bonchev–Trinajstić information content (AvgIpc) is 3.15. The van der Waals surface area contributed by atoms with Crippen LogP contribution in [0.5, 0.6) is 11.5 Å². The molecule has 6 nitrogen and oxygen atoms in total. The lowest BCUT2D eigenvalue weighted by Gasteiger charge is -2.23. The molecule has 0 bridgehead atoms. The maximum absolute atomic E-state index is 12.9. The Hall–Kier alpha value is -2.15. The number of aromatic nitrogens is 2. The number of hydrogen-bond acceptors (Lipinski definition) is 5. The number of aliphatic imine (C=N–C) groups is 1. The molecule has 7 heteroatoms. The molecule has 1 aromatic heterocycles. The first-order chi connectivity index (χ1) is 13.2. The predicted octanol–water partition coefficient (Wildman–Crippen LogP) is 4.69. The molecule has 0 saturated heterocycles. The second kappa shape index (κ2) is 6.78. The summed E-state index contributed by atoms with van der Waals surface area (Å²) in [4.78, 5) is 17.7. The van der Waals surface area contributed by atoms with Crippen molar-refractivity contribution < 1.29 is 9.47 Å². The Morgan fingerprint density at radius 1 is 1.15 bits per heavy atom. The van der Waals surface area contributed by atoms with Crippen molar-refractivity contribution in [2.45, 2.75) is 56.7 Å². The minimum atomic E-state index is -0.0808. The average molecular weight is 385 g/mol. The molecule has 142 valence electrons. The molecule has 1 fully saturated rings. The number of H-pyrrole nitrogens is 1. The molecule has 0 amide bonds. The van der Waals surface area contributed by atoms with Crippen molar-refractivity contribution in [3.8, 4) is 11.5 Å². The van der Waals surface area contributed by atoms with E-state index in [4.69, 9.17) is 14.5 Å². The predicted molar refractivity (Wildman–Crippen MR) is 107 cm³/mol. The van der Waals surface area contributed by atoms with Crippen LogP contribution < -0.4 is 15.0 Å². The number of fused-ring (bicyclic) bond motifs is 2. The topological polar surface area (TPSA) is 68.6 Å². The van der Waals surface area contributed by atoms with Crippen molar-refractivity contribution in [1.82, 2.24) is 9.78 Å². The zero-order chi connectivity index (χ0) is 18.4. The monoisotopic (exact) mass is 385 g/mol. The Labute approximate surface area is 161 Å². The number of aromatic amines is 1. The van der Waals surface area contributed by atoms with Crippen LogP contribution in [0.1, 0.15) is 67.9 Å². The van der Waals surface area contributed by atoms with Gasteiger partial charge in [0.15, 0.2) is 17.3 Å². The summed E-state index contributed by atoms with van der Waals surface area (Å²) in [6.45, 7) is 2.27. The number of nitrogens with zero attached hydrogens (tertiary/aromatic N) is 2. The zero-order valence-electron chi connectivity index (χ0n) is 15.4. The summed E-state index contributed by atoms with van der Waals surface area (Å²) in [5, 5.41) is 4.01. The van der Waals surface area contributed by atoms with Crippen LogP contribution in [0.25, 0.3) is 0 Å². The van der Waals surface area contributed by atoms with Gasteiger partial charge in [-0.2, -0.15) is 0 Å². The Bertz CT molecular complexity index is 954. The third-order valence-corrected chi connectivity index (χ3v) is 6.81. The lowest BCUT2D eigenvalue weighted by molar-refractivity contribution is 0.174. The van der Waals surface area contributed by atoms with Gasteiger partial charge in [0.2, 0.25) is 6.79 Å². The maximum Gasteiger partial charge on any atom is 0.271 e. The first-order valence-electron chi connectivity index (χ1n) is 9.66. The van der Waals surface area contributed by atoms with Gasteiger partial charge in [0.05, 0.1) is 21.9 Å². The van der Waals surface area contributed by atoms with Crippen LogP contribution >= 0.6 is 11.8 Å². The lowest BCUT2D eigenvalue weighted by Crippen LogP contribution is -2.13. The second-order valence-electron chi connectivity index (χ2n) is 7.44. The van der Waals surface area contributed by atoms with E-state index in [-0.39, 0.29) is 17.6 Å². The van der Waals surface area contributed by atoms with Crippen molar-refractivity contribution in [1.29, 1.82) is 0 Å². The molecule has 1 aromatic carbocycles. The summed E-state index contributed by atoms with van der Waals surface area (Å²) in [5.74, 6) is 2.32. The summed E-state index contributed by atoms with van der Waals surface area (Å²) in [7, 11) is 0. The number of thioether (sulfide) groups is 1. The highest BCUT2D eigenvalue weighted by Crippen LogP contribution is 2.47. The summed E-state index contributed by atoms with van der Waals surface area (Å²) in [6, 6.07) is 6.28. The molecule has 3 heterocycles. The molecule has 1 atom stereocenters. The van der Waals surface area contributed by atoms with Crippen LogP contribution in [-0.2, 0) is 0 Å².